The van der Waals surface area contributed by atoms with Crippen LogP contribution in [0.25, 0.3) is 0 Å². The second kappa shape index (κ2) is 9.99. The first kappa shape index (κ1) is 15.8. The van der Waals surface area contributed by atoms with Gasteiger partial charge in [0.25, 0.3) is 0 Å². The Balaban J connectivity index is 4.31. The van der Waals surface area contributed by atoms with Crippen LogP contribution in [0, 0.1) is 30.6 Å². The molecule has 0 aliphatic rings. The zero-order valence-corrected chi connectivity index (χ0v) is 10.2. The van der Waals surface area contributed by atoms with Gasteiger partial charge in [0.2, 0.25) is 0 Å². The molecule has 0 aliphatic heterocycles. The van der Waals surface area contributed by atoms with Crippen molar-refractivity contribution in [3.63, 3.8) is 0 Å². The first-order valence-corrected chi connectivity index (χ1v) is 5.48. The average molecular weight is 248 g/mol. The van der Waals surface area contributed by atoms with Crippen LogP contribution in [0.4, 0.5) is 0 Å². The highest BCUT2D eigenvalue weighted by atomic mass is 16.6. The predicted octanol–water partition coefficient (Wildman–Crippen LogP) is 1.31. The third-order valence-corrected chi connectivity index (χ3v) is 1.95. The number of ether oxygens (including phenoxy) is 2. The van der Waals surface area contributed by atoms with Crippen LogP contribution in [-0.2, 0) is 19.1 Å². The minimum absolute atomic E-state index is 0.0839. The molecule has 0 aromatic heterocycles. The van der Waals surface area contributed by atoms with Crippen molar-refractivity contribution in [2.75, 3.05) is 13.2 Å². The number of esters is 2. The highest BCUT2D eigenvalue weighted by Crippen LogP contribution is 2.10. The van der Waals surface area contributed by atoms with E-state index in [1.54, 1.807) is 0 Å². The van der Waals surface area contributed by atoms with Crippen molar-refractivity contribution >= 4 is 11.9 Å². The second-order valence-corrected chi connectivity index (χ2v) is 3.32. The van der Waals surface area contributed by atoms with E-state index in [0.29, 0.717) is 12.8 Å². The van der Waals surface area contributed by atoms with E-state index < -0.39 is 17.9 Å². The Hall–Kier alpha value is -2.20. The number of hydrogen-bond donors (Lipinski definition) is 0. The van der Waals surface area contributed by atoms with Crippen LogP contribution >= 0.6 is 0 Å². The lowest BCUT2D eigenvalue weighted by Crippen LogP contribution is -2.28. The van der Waals surface area contributed by atoms with Gasteiger partial charge >= 0.3 is 11.9 Å². The molecule has 0 aromatic rings. The lowest BCUT2D eigenvalue weighted by atomic mass is 10.1. The zero-order chi connectivity index (χ0) is 13.8. The van der Waals surface area contributed by atoms with Gasteiger partial charge in [0.05, 0.1) is 0 Å². The Morgan fingerprint density at radius 2 is 1.56 bits per heavy atom. The topological polar surface area (TPSA) is 52.6 Å². The smallest absolute Gasteiger partial charge is 0.320 e. The van der Waals surface area contributed by atoms with Crippen LogP contribution in [0.2, 0.25) is 0 Å². The van der Waals surface area contributed by atoms with E-state index in [9.17, 15) is 9.59 Å². The minimum Gasteiger partial charge on any atom is -0.464 e. The molecule has 0 atom stereocenters. The summed E-state index contributed by atoms with van der Waals surface area (Å²) in [5.74, 6) is 2.34. The van der Waals surface area contributed by atoms with E-state index >= 15 is 0 Å². The lowest BCUT2D eigenvalue weighted by Gasteiger charge is -2.12. The molecule has 4 nitrogen and oxygen atoms in total. The monoisotopic (exact) mass is 248 g/mol. The van der Waals surface area contributed by atoms with Gasteiger partial charge < -0.3 is 9.47 Å². The third-order valence-electron chi connectivity index (χ3n) is 1.95. The molecular weight excluding hydrogens is 232 g/mol. The van der Waals surface area contributed by atoms with Crippen LogP contribution in [-0.4, -0.2) is 25.2 Å². The minimum atomic E-state index is -1.00. The maximum atomic E-state index is 11.6. The van der Waals surface area contributed by atoms with Gasteiger partial charge in [0.15, 0.2) is 5.92 Å². The fourth-order valence-corrected chi connectivity index (χ4v) is 1.08. The molecule has 0 unspecified atom stereocenters. The van der Waals surface area contributed by atoms with Crippen LogP contribution < -0.4 is 0 Å². The maximum Gasteiger partial charge on any atom is 0.320 e. The summed E-state index contributed by atoms with van der Waals surface area (Å²) < 4.78 is 9.71. The molecule has 0 amide bonds. The van der Waals surface area contributed by atoms with E-state index in [4.69, 9.17) is 22.3 Å². The van der Waals surface area contributed by atoms with Crippen molar-refractivity contribution in [1.29, 1.82) is 0 Å². The number of rotatable bonds is 8. The van der Waals surface area contributed by atoms with Gasteiger partial charge in [-0.2, -0.15) is 0 Å². The van der Waals surface area contributed by atoms with Crippen LogP contribution in [0.1, 0.15) is 19.3 Å². The molecular formula is C14H16O4. The van der Waals surface area contributed by atoms with Gasteiger partial charge in [-0.3, -0.25) is 9.59 Å². The molecule has 0 bridgehead atoms. The van der Waals surface area contributed by atoms with Crippen molar-refractivity contribution in [3.8, 4) is 24.7 Å². The van der Waals surface area contributed by atoms with E-state index in [2.05, 4.69) is 18.4 Å². The molecule has 4 heteroatoms. The Morgan fingerprint density at radius 3 is 1.89 bits per heavy atom. The second-order valence-electron chi connectivity index (χ2n) is 3.32. The standard InChI is InChI=1S/C14H16O4/c1-4-7-10-17-13(15)12(9-6-3)14(16)18-11-8-5-2/h1-2,6,12H,3,7-11H2. The fourth-order valence-electron chi connectivity index (χ4n) is 1.08. The first-order valence-electron chi connectivity index (χ1n) is 5.48. The molecule has 0 saturated heterocycles. The van der Waals surface area contributed by atoms with Gasteiger partial charge in [-0.1, -0.05) is 6.08 Å². The van der Waals surface area contributed by atoms with Crippen molar-refractivity contribution in [3.05, 3.63) is 12.7 Å². The maximum absolute atomic E-state index is 11.6. The summed E-state index contributed by atoms with van der Waals surface area (Å²) in [5.41, 5.74) is 0. The largest absolute Gasteiger partial charge is 0.464 e. The van der Waals surface area contributed by atoms with Crippen molar-refractivity contribution in [2.24, 2.45) is 5.92 Å². The summed E-state index contributed by atoms with van der Waals surface area (Å²) in [6.45, 7) is 3.65. The number of terminal acetylenes is 2. The predicted molar refractivity (Wildman–Crippen MR) is 67.1 cm³/mol. The average Bonchev–Trinajstić information content (AvgIpc) is 2.36. The van der Waals surface area contributed by atoms with Gasteiger partial charge in [0, 0.05) is 12.8 Å². The molecule has 96 valence electrons. The van der Waals surface area contributed by atoms with E-state index in [-0.39, 0.29) is 19.6 Å². The van der Waals surface area contributed by atoms with Crippen molar-refractivity contribution < 1.29 is 19.1 Å². The molecule has 0 radical (unpaired) electrons. The Bertz CT molecular complexity index is 338. The van der Waals surface area contributed by atoms with E-state index in [1.807, 2.05) is 0 Å². The molecule has 18 heavy (non-hydrogen) atoms. The third kappa shape index (κ3) is 6.40. The zero-order valence-electron chi connectivity index (χ0n) is 10.2. The fraction of sp³-hybridized carbons (Fsp3) is 0.429. The normalized spacial score (nSPS) is 9.06. The molecule has 0 N–H and O–H groups in total. The number of carbonyl (C=O) groups excluding carboxylic acids is 2. The van der Waals surface area contributed by atoms with Gasteiger partial charge in [-0.15, -0.1) is 31.3 Å². The van der Waals surface area contributed by atoms with Gasteiger partial charge in [-0.25, -0.2) is 0 Å². The SMILES string of the molecule is C#CCCOC(=O)C(CC=C)C(=O)OCCC#C. The summed E-state index contributed by atoms with van der Waals surface area (Å²) in [6.07, 6.45) is 12.3. The number of allylic oxidation sites excluding steroid dienone is 1. The van der Waals surface area contributed by atoms with Crippen LogP contribution in [0.15, 0.2) is 12.7 Å². The molecule has 0 fully saturated rings. The molecule has 0 saturated carbocycles. The van der Waals surface area contributed by atoms with Crippen molar-refractivity contribution in [2.45, 2.75) is 19.3 Å². The van der Waals surface area contributed by atoms with Crippen LogP contribution in [0.3, 0.4) is 0 Å². The molecule has 0 aliphatic carbocycles. The van der Waals surface area contributed by atoms with Crippen molar-refractivity contribution in [1.82, 2.24) is 0 Å². The summed E-state index contributed by atoms with van der Waals surface area (Å²) >= 11 is 0. The summed E-state index contributed by atoms with van der Waals surface area (Å²) in [5, 5.41) is 0. The number of hydrogen-bond acceptors (Lipinski definition) is 4. The highest BCUT2D eigenvalue weighted by molar-refractivity contribution is 5.95. The lowest BCUT2D eigenvalue weighted by molar-refractivity contribution is -0.161. The molecule has 0 spiro atoms. The Morgan fingerprint density at radius 1 is 1.11 bits per heavy atom. The summed E-state index contributed by atoms with van der Waals surface area (Å²) in [4.78, 5) is 23.2. The summed E-state index contributed by atoms with van der Waals surface area (Å²) in [6, 6.07) is 0. The highest BCUT2D eigenvalue weighted by Gasteiger charge is 2.28. The molecule has 0 rings (SSSR count). The van der Waals surface area contributed by atoms with Crippen LogP contribution in [0.5, 0.6) is 0 Å². The molecule has 0 heterocycles. The molecule has 0 aromatic carbocycles. The van der Waals surface area contributed by atoms with E-state index in [1.165, 1.54) is 6.08 Å². The summed E-state index contributed by atoms with van der Waals surface area (Å²) in [7, 11) is 0. The Kier molecular flexibility index (Phi) is 8.77. The Labute approximate surface area is 107 Å². The van der Waals surface area contributed by atoms with Gasteiger partial charge in [0.1, 0.15) is 13.2 Å². The number of carbonyl (C=O) groups is 2. The van der Waals surface area contributed by atoms with E-state index in [0.717, 1.165) is 0 Å². The quantitative estimate of drug-likeness (QED) is 0.214. The first-order chi connectivity index (χ1) is 8.67. The van der Waals surface area contributed by atoms with Gasteiger partial charge in [-0.05, 0) is 6.42 Å².